The molecule has 4 nitrogen and oxygen atoms in total. The van der Waals surface area contributed by atoms with Gasteiger partial charge < -0.3 is 8.83 Å². The van der Waals surface area contributed by atoms with Crippen molar-refractivity contribution in [3.05, 3.63) is 181 Å². The molecule has 0 saturated heterocycles. The molecule has 8 aromatic carbocycles. The van der Waals surface area contributed by atoms with Gasteiger partial charge in [-0.25, -0.2) is 9.97 Å². The first-order valence-electron chi connectivity index (χ1n) is 19.5. The highest BCUT2D eigenvalue weighted by Crippen LogP contribution is 2.53. The van der Waals surface area contributed by atoms with Crippen LogP contribution in [-0.2, 0) is 5.41 Å². The maximum Gasteiger partial charge on any atom is 0.160 e. The molecule has 0 aliphatic heterocycles. The monoisotopic (exact) mass is 730 g/mol. The smallest absolute Gasteiger partial charge is 0.160 e. The van der Waals surface area contributed by atoms with Crippen LogP contribution in [0, 0.1) is 0 Å². The van der Waals surface area contributed by atoms with E-state index < -0.39 is 0 Å². The van der Waals surface area contributed by atoms with Crippen LogP contribution in [0.3, 0.4) is 0 Å². The summed E-state index contributed by atoms with van der Waals surface area (Å²) in [7, 11) is 0. The Kier molecular flexibility index (Phi) is 6.65. The first kappa shape index (κ1) is 32.0. The van der Waals surface area contributed by atoms with E-state index >= 15 is 0 Å². The van der Waals surface area contributed by atoms with Crippen LogP contribution in [0.15, 0.2) is 179 Å². The van der Waals surface area contributed by atoms with Gasteiger partial charge in [0.05, 0.1) is 11.4 Å². The van der Waals surface area contributed by atoms with Gasteiger partial charge in [0.1, 0.15) is 22.3 Å². The molecule has 0 atom stereocenters. The predicted molar refractivity (Wildman–Crippen MR) is 233 cm³/mol. The maximum absolute atomic E-state index is 6.52. The molecule has 0 amide bonds. The van der Waals surface area contributed by atoms with Gasteiger partial charge in [-0.1, -0.05) is 135 Å². The highest BCUT2D eigenvalue weighted by molar-refractivity contribution is 6.18. The normalized spacial score (nSPS) is 13.2. The van der Waals surface area contributed by atoms with Crippen molar-refractivity contribution in [1.82, 2.24) is 9.97 Å². The van der Waals surface area contributed by atoms with Crippen molar-refractivity contribution in [2.75, 3.05) is 0 Å². The van der Waals surface area contributed by atoms with E-state index in [0.29, 0.717) is 5.82 Å². The lowest BCUT2D eigenvalue weighted by Gasteiger charge is -2.22. The van der Waals surface area contributed by atoms with Crippen LogP contribution in [0.1, 0.15) is 25.0 Å². The van der Waals surface area contributed by atoms with Gasteiger partial charge in [-0.05, 0) is 92.7 Å². The Bertz CT molecular complexity index is 3440. The van der Waals surface area contributed by atoms with E-state index in [-0.39, 0.29) is 5.41 Å². The van der Waals surface area contributed by atoms with E-state index in [1.807, 2.05) is 42.5 Å². The van der Waals surface area contributed by atoms with Gasteiger partial charge in [0, 0.05) is 43.7 Å². The molecule has 1 aliphatic carbocycles. The van der Waals surface area contributed by atoms with Crippen molar-refractivity contribution < 1.29 is 8.83 Å². The average molecular weight is 731 g/mol. The second kappa shape index (κ2) is 11.8. The van der Waals surface area contributed by atoms with Gasteiger partial charge in [0.2, 0.25) is 0 Å². The van der Waals surface area contributed by atoms with Crippen LogP contribution in [0.4, 0.5) is 0 Å². The van der Waals surface area contributed by atoms with Gasteiger partial charge in [-0.2, -0.15) is 0 Å². The van der Waals surface area contributed by atoms with E-state index in [9.17, 15) is 0 Å². The van der Waals surface area contributed by atoms with Crippen LogP contribution in [-0.4, -0.2) is 9.97 Å². The summed E-state index contributed by atoms with van der Waals surface area (Å²) in [6, 6.07) is 59.9. The van der Waals surface area contributed by atoms with Crippen LogP contribution >= 0.6 is 0 Å². The molecule has 3 heterocycles. The third-order valence-corrected chi connectivity index (χ3v) is 12.1. The Morgan fingerprint density at radius 2 is 1.05 bits per heavy atom. The molecule has 0 fully saturated rings. The number of hydrogen-bond acceptors (Lipinski definition) is 4. The van der Waals surface area contributed by atoms with Gasteiger partial charge in [-0.3, -0.25) is 0 Å². The molecule has 3 aromatic heterocycles. The third-order valence-electron chi connectivity index (χ3n) is 12.1. The van der Waals surface area contributed by atoms with Crippen LogP contribution < -0.4 is 0 Å². The van der Waals surface area contributed by atoms with Gasteiger partial charge in [0.25, 0.3) is 0 Å². The summed E-state index contributed by atoms with van der Waals surface area (Å²) in [6.07, 6.45) is 0. The molecule has 1 aliphatic rings. The largest absolute Gasteiger partial charge is 0.456 e. The van der Waals surface area contributed by atoms with Crippen LogP contribution in [0.2, 0.25) is 0 Å². The number of rotatable bonds is 4. The van der Waals surface area contributed by atoms with Crippen molar-refractivity contribution in [3.63, 3.8) is 0 Å². The molecular formula is C53H34N2O2. The minimum Gasteiger partial charge on any atom is -0.456 e. The zero-order valence-corrected chi connectivity index (χ0v) is 31.4. The second-order valence-corrected chi connectivity index (χ2v) is 15.7. The number of benzene rings is 8. The van der Waals surface area contributed by atoms with E-state index in [2.05, 4.69) is 141 Å². The van der Waals surface area contributed by atoms with Gasteiger partial charge in [0.15, 0.2) is 5.82 Å². The molecule has 268 valence electrons. The quantitative estimate of drug-likeness (QED) is 0.181. The number of furan rings is 2. The fraction of sp³-hybridized carbons (Fsp3) is 0.0566. The lowest BCUT2D eigenvalue weighted by molar-refractivity contribution is 0.661. The minimum atomic E-state index is -0.161. The van der Waals surface area contributed by atoms with E-state index in [1.165, 1.54) is 33.0 Å². The molecule has 0 bridgehead atoms. The third kappa shape index (κ3) is 4.80. The fourth-order valence-electron chi connectivity index (χ4n) is 9.27. The molecule has 0 spiro atoms. The van der Waals surface area contributed by atoms with Crippen molar-refractivity contribution in [2.24, 2.45) is 0 Å². The van der Waals surface area contributed by atoms with Gasteiger partial charge in [-0.15, -0.1) is 0 Å². The number of aromatic nitrogens is 2. The molecule has 0 unspecified atom stereocenters. The zero-order valence-electron chi connectivity index (χ0n) is 31.4. The van der Waals surface area contributed by atoms with E-state index in [4.69, 9.17) is 18.8 Å². The molecule has 11 aromatic rings. The van der Waals surface area contributed by atoms with Crippen molar-refractivity contribution in [3.8, 4) is 56.2 Å². The molecule has 12 rings (SSSR count). The highest BCUT2D eigenvalue weighted by Gasteiger charge is 2.37. The second-order valence-electron chi connectivity index (χ2n) is 15.7. The standard InChI is InChI=1S/C53H34N2O2/c1-53(2)42-22-11-21-38(50(42)40-26-32-15-6-7-16-33(32)27-43(40)53)45-30-44(54-52(55-45)31-13-4-3-5-14-31)35-18-10-17-34(25-35)36-20-12-24-47-51(36)41-29-48-39(28-49(41)57-47)37-19-8-9-23-46(37)56-48/h3-30H,1-2H3. The maximum atomic E-state index is 6.52. The van der Waals surface area contributed by atoms with Crippen molar-refractivity contribution >= 4 is 54.6 Å². The van der Waals surface area contributed by atoms with Crippen LogP contribution in [0.5, 0.6) is 0 Å². The summed E-state index contributed by atoms with van der Waals surface area (Å²) in [5.74, 6) is 0.694. The van der Waals surface area contributed by atoms with Gasteiger partial charge >= 0.3 is 0 Å². The zero-order chi connectivity index (χ0) is 37.8. The Morgan fingerprint density at radius 1 is 0.404 bits per heavy atom. The number of hydrogen-bond donors (Lipinski definition) is 0. The summed E-state index contributed by atoms with van der Waals surface area (Å²) < 4.78 is 12.8. The molecule has 4 heteroatoms. The number of para-hydroxylation sites is 1. The fourth-order valence-corrected chi connectivity index (χ4v) is 9.27. The van der Waals surface area contributed by atoms with Crippen LogP contribution in [0.25, 0.3) is 111 Å². The summed E-state index contributed by atoms with van der Waals surface area (Å²) in [5, 5.41) is 6.73. The number of fused-ring (bicyclic) bond motifs is 10. The molecule has 0 saturated carbocycles. The predicted octanol–water partition coefficient (Wildman–Crippen LogP) is 14.4. The molecule has 57 heavy (non-hydrogen) atoms. The highest BCUT2D eigenvalue weighted by atomic mass is 16.3. The minimum absolute atomic E-state index is 0.161. The SMILES string of the molecule is CC1(C)c2cc3ccccc3cc2-c2c(-c3cc(-c4cccc(-c5cccc6oc7cc8c(cc7c56)oc5ccccc58)c4)nc(-c4ccccc4)n3)cccc21. The molecule has 0 radical (unpaired) electrons. The topological polar surface area (TPSA) is 52.1 Å². The first-order valence-corrected chi connectivity index (χ1v) is 19.5. The summed E-state index contributed by atoms with van der Waals surface area (Å²) in [6.45, 7) is 4.68. The Labute approximate surface area is 328 Å². The summed E-state index contributed by atoms with van der Waals surface area (Å²) >= 11 is 0. The Morgan fingerprint density at radius 3 is 1.95 bits per heavy atom. The van der Waals surface area contributed by atoms with Crippen molar-refractivity contribution in [2.45, 2.75) is 19.3 Å². The summed E-state index contributed by atoms with van der Waals surface area (Å²) in [4.78, 5) is 10.6. The average Bonchev–Trinajstić information content (AvgIpc) is 3.88. The lowest BCUT2D eigenvalue weighted by Crippen LogP contribution is -2.14. The van der Waals surface area contributed by atoms with E-state index in [0.717, 1.165) is 83.1 Å². The lowest BCUT2D eigenvalue weighted by atomic mass is 9.81. The first-order chi connectivity index (χ1) is 28.0. The molecule has 0 N–H and O–H groups in total. The Hall–Kier alpha value is -7.30. The number of nitrogens with zero attached hydrogens (tertiary/aromatic N) is 2. The summed E-state index contributed by atoms with van der Waals surface area (Å²) in [5.41, 5.74) is 15.5. The van der Waals surface area contributed by atoms with E-state index in [1.54, 1.807) is 0 Å². The molecular weight excluding hydrogens is 697 g/mol. The van der Waals surface area contributed by atoms with Crippen molar-refractivity contribution in [1.29, 1.82) is 0 Å². The Balaban J connectivity index is 1.05.